The number of hydrogen-bond acceptors (Lipinski definition) is 7. The molecule has 0 bridgehead atoms. The number of fused-ring (bicyclic) bond motifs is 1. The first-order valence-corrected chi connectivity index (χ1v) is 12.0. The summed E-state index contributed by atoms with van der Waals surface area (Å²) in [5, 5.41) is 20.7. The Balaban J connectivity index is 1.63. The Bertz CT molecular complexity index is 1190. The Kier molecular flexibility index (Phi) is 7.53. The van der Waals surface area contributed by atoms with Crippen molar-refractivity contribution in [3.05, 3.63) is 41.4 Å². The van der Waals surface area contributed by atoms with Gasteiger partial charge in [0.25, 0.3) is 5.91 Å². The highest BCUT2D eigenvalue weighted by Crippen LogP contribution is 2.30. The van der Waals surface area contributed by atoms with E-state index in [4.69, 9.17) is 16.3 Å². The third-order valence-electron chi connectivity index (χ3n) is 6.33. The number of aliphatic hydroxyl groups is 1. The zero-order valence-corrected chi connectivity index (χ0v) is 20.7. The first-order valence-electron chi connectivity index (χ1n) is 11.6. The van der Waals surface area contributed by atoms with Gasteiger partial charge < -0.3 is 20.5 Å². The van der Waals surface area contributed by atoms with E-state index < -0.39 is 17.7 Å². The van der Waals surface area contributed by atoms with Gasteiger partial charge in [0.15, 0.2) is 5.65 Å². The van der Waals surface area contributed by atoms with Crippen LogP contribution in [0.1, 0.15) is 49.9 Å². The Morgan fingerprint density at radius 2 is 2.03 bits per heavy atom. The zero-order chi connectivity index (χ0) is 25.2. The second-order valence-electron chi connectivity index (χ2n) is 9.40. The number of nitrogens with zero attached hydrogens (tertiary/aromatic N) is 4. The normalized spacial score (nSPS) is 19.5. The molecule has 11 heteroatoms. The van der Waals surface area contributed by atoms with Crippen molar-refractivity contribution >= 4 is 28.8 Å². The van der Waals surface area contributed by atoms with Crippen LogP contribution in [0.2, 0.25) is 5.02 Å². The van der Waals surface area contributed by atoms with Gasteiger partial charge in [-0.25, -0.2) is 13.9 Å². The van der Waals surface area contributed by atoms with Crippen molar-refractivity contribution < 1.29 is 19.0 Å². The number of pyridine rings is 1. The predicted octanol–water partition coefficient (Wildman–Crippen LogP) is 3.65. The standard InChI is InChI=1S/C24H30ClFN6O3/c1-24(2,34)21(26)12-29-23(33)18-10-27-19(17-11-30-32-13-14(25)9-28-22(17)32)8-20(18)31-15-4-6-16(35-3)7-5-15/h8-11,13,15-16,21,34H,4-7,12H2,1-3H3,(H,27,31)(H,29,33)/t15?,16?,21-/m1/s1. The lowest BCUT2D eigenvalue weighted by Gasteiger charge is -2.29. The van der Waals surface area contributed by atoms with Gasteiger partial charge in [0.2, 0.25) is 0 Å². The second kappa shape index (κ2) is 10.4. The molecule has 1 aliphatic carbocycles. The SMILES string of the molecule is COC1CCC(Nc2cc(-c3cnn4cc(Cl)cnc34)ncc2C(=O)NC[C@@H](F)C(C)(C)O)CC1. The number of alkyl halides is 1. The highest BCUT2D eigenvalue weighted by Gasteiger charge is 2.28. The van der Waals surface area contributed by atoms with Crippen LogP contribution in [0.15, 0.2) is 30.9 Å². The molecular weight excluding hydrogens is 475 g/mol. The van der Waals surface area contributed by atoms with Crippen LogP contribution in [0.3, 0.4) is 0 Å². The van der Waals surface area contributed by atoms with E-state index in [0.29, 0.717) is 27.6 Å². The van der Waals surface area contributed by atoms with Gasteiger partial charge in [-0.1, -0.05) is 11.6 Å². The van der Waals surface area contributed by atoms with Gasteiger partial charge in [0.1, 0.15) is 6.17 Å². The number of ether oxygens (including phenoxy) is 1. The van der Waals surface area contributed by atoms with Crippen molar-refractivity contribution in [1.29, 1.82) is 0 Å². The molecule has 1 fully saturated rings. The molecule has 0 radical (unpaired) electrons. The van der Waals surface area contributed by atoms with Crippen LogP contribution in [0.5, 0.6) is 0 Å². The number of hydrogen-bond donors (Lipinski definition) is 3. The van der Waals surface area contributed by atoms with Gasteiger partial charge >= 0.3 is 0 Å². The van der Waals surface area contributed by atoms with Crippen LogP contribution in [0.25, 0.3) is 16.9 Å². The van der Waals surface area contributed by atoms with Gasteiger partial charge in [-0.05, 0) is 45.6 Å². The number of halogens is 2. The molecule has 0 saturated heterocycles. The molecule has 9 nitrogen and oxygen atoms in total. The van der Waals surface area contributed by atoms with E-state index in [1.54, 1.807) is 30.1 Å². The minimum Gasteiger partial charge on any atom is -0.387 e. The third kappa shape index (κ3) is 5.88. The van der Waals surface area contributed by atoms with Crippen molar-refractivity contribution in [2.45, 2.75) is 63.4 Å². The molecular formula is C24H30ClFN6O3. The fraction of sp³-hybridized carbons (Fsp3) is 0.500. The van der Waals surface area contributed by atoms with Crippen molar-refractivity contribution in [3.63, 3.8) is 0 Å². The van der Waals surface area contributed by atoms with Crippen LogP contribution in [-0.4, -0.2) is 68.2 Å². The minimum absolute atomic E-state index is 0.148. The number of aromatic nitrogens is 4. The molecule has 1 saturated carbocycles. The van der Waals surface area contributed by atoms with E-state index in [1.165, 1.54) is 26.2 Å². The average Bonchev–Trinajstić information content (AvgIpc) is 3.25. The molecule has 3 heterocycles. The lowest BCUT2D eigenvalue weighted by atomic mass is 9.92. The largest absolute Gasteiger partial charge is 0.387 e. The van der Waals surface area contributed by atoms with Gasteiger partial charge in [-0.3, -0.25) is 9.78 Å². The zero-order valence-electron chi connectivity index (χ0n) is 20.0. The summed E-state index contributed by atoms with van der Waals surface area (Å²) in [6.45, 7) is 2.41. The molecule has 0 spiro atoms. The number of amides is 1. The van der Waals surface area contributed by atoms with E-state index in [9.17, 15) is 14.3 Å². The summed E-state index contributed by atoms with van der Waals surface area (Å²) in [6, 6.07) is 1.93. The van der Waals surface area contributed by atoms with Gasteiger partial charge in [-0.15, -0.1) is 0 Å². The Labute approximate surface area is 208 Å². The molecule has 3 N–H and O–H groups in total. The summed E-state index contributed by atoms with van der Waals surface area (Å²) >= 11 is 6.02. The first kappa shape index (κ1) is 25.3. The van der Waals surface area contributed by atoms with Crippen molar-refractivity contribution in [3.8, 4) is 11.3 Å². The molecule has 35 heavy (non-hydrogen) atoms. The van der Waals surface area contributed by atoms with E-state index in [0.717, 1.165) is 25.7 Å². The summed E-state index contributed by atoms with van der Waals surface area (Å²) < 4.78 is 21.3. The molecule has 1 aliphatic rings. The molecule has 0 unspecified atom stereocenters. The lowest BCUT2D eigenvalue weighted by molar-refractivity contribution is -0.00177. The van der Waals surface area contributed by atoms with Gasteiger partial charge in [-0.2, -0.15) is 5.10 Å². The number of anilines is 1. The Hall–Kier alpha value is -2.82. The van der Waals surface area contributed by atoms with E-state index in [1.807, 2.05) is 0 Å². The topological polar surface area (TPSA) is 114 Å². The number of carbonyl (C=O) groups is 1. The van der Waals surface area contributed by atoms with Crippen molar-refractivity contribution in [2.24, 2.45) is 0 Å². The Morgan fingerprint density at radius 1 is 1.29 bits per heavy atom. The monoisotopic (exact) mass is 504 g/mol. The Morgan fingerprint density at radius 3 is 2.71 bits per heavy atom. The van der Waals surface area contributed by atoms with Crippen LogP contribution < -0.4 is 10.6 Å². The summed E-state index contributed by atoms with van der Waals surface area (Å²) in [5.74, 6) is -0.478. The predicted molar refractivity (Wildman–Crippen MR) is 131 cm³/mol. The molecule has 1 amide bonds. The number of nitrogens with one attached hydrogen (secondary N) is 2. The minimum atomic E-state index is -1.61. The molecule has 0 aromatic carbocycles. The van der Waals surface area contributed by atoms with E-state index >= 15 is 0 Å². The third-order valence-corrected chi connectivity index (χ3v) is 6.52. The summed E-state index contributed by atoms with van der Waals surface area (Å²) in [5.41, 5.74) is 1.16. The fourth-order valence-electron chi connectivity index (χ4n) is 4.13. The van der Waals surface area contributed by atoms with E-state index in [2.05, 4.69) is 25.7 Å². The smallest absolute Gasteiger partial charge is 0.255 e. The summed E-state index contributed by atoms with van der Waals surface area (Å²) in [6.07, 6.45) is 8.53. The van der Waals surface area contributed by atoms with Crippen molar-refractivity contribution in [2.75, 3.05) is 19.0 Å². The molecule has 3 aromatic heterocycles. The van der Waals surface area contributed by atoms with Crippen LogP contribution in [-0.2, 0) is 4.74 Å². The van der Waals surface area contributed by atoms with Crippen LogP contribution in [0, 0.1) is 0 Å². The maximum Gasteiger partial charge on any atom is 0.255 e. The highest BCUT2D eigenvalue weighted by atomic mass is 35.5. The summed E-state index contributed by atoms with van der Waals surface area (Å²) in [4.78, 5) is 21.8. The number of carbonyl (C=O) groups excluding carboxylic acids is 1. The second-order valence-corrected chi connectivity index (χ2v) is 9.84. The molecule has 188 valence electrons. The summed E-state index contributed by atoms with van der Waals surface area (Å²) in [7, 11) is 1.72. The number of methoxy groups -OCH3 is 1. The average molecular weight is 505 g/mol. The van der Waals surface area contributed by atoms with Crippen LogP contribution in [0.4, 0.5) is 10.1 Å². The quantitative estimate of drug-likeness (QED) is 0.429. The molecule has 3 aromatic rings. The highest BCUT2D eigenvalue weighted by molar-refractivity contribution is 6.30. The van der Waals surface area contributed by atoms with Crippen LogP contribution >= 0.6 is 11.6 Å². The van der Waals surface area contributed by atoms with E-state index in [-0.39, 0.29) is 24.3 Å². The fourth-order valence-corrected chi connectivity index (χ4v) is 4.27. The first-order chi connectivity index (χ1) is 16.7. The van der Waals surface area contributed by atoms with Gasteiger partial charge in [0, 0.05) is 25.5 Å². The lowest BCUT2D eigenvalue weighted by Crippen LogP contribution is -2.42. The molecule has 1 atom stereocenters. The molecule has 4 rings (SSSR count). The molecule has 0 aliphatic heterocycles. The number of rotatable bonds is 8. The maximum absolute atomic E-state index is 14.2. The maximum atomic E-state index is 14.2. The van der Waals surface area contributed by atoms with Gasteiger partial charge in [0.05, 0.1) is 58.2 Å². The van der Waals surface area contributed by atoms with Crippen molar-refractivity contribution in [1.82, 2.24) is 24.9 Å².